The minimum absolute atomic E-state index is 0.00662. The molecule has 2 atom stereocenters. The van der Waals surface area contributed by atoms with Crippen molar-refractivity contribution < 1.29 is 4.79 Å². The van der Waals surface area contributed by atoms with Gasteiger partial charge in [-0.25, -0.2) is 0 Å². The van der Waals surface area contributed by atoms with Crippen LogP contribution in [0.4, 0.5) is 0 Å². The van der Waals surface area contributed by atoms with Crippen LogP contribution in [0.2, 0.25) is 0 Å². The fourth-order valence-corrected chi connectivity index (χ4v) is 4.60. The van der Waals surface area contributed by atoms with Gasteiger partial charge in [0.05, 0.1) is 0 Å². The molecule has 3 aliphatic heterocycles. The highest BCUT2D eigenvalue weighted by Crippen LogP contribution is 2.34. The molecule has 3 saturated heterocycles. The number of halogens is 1. The number of nitrogens with one attached hydrogen (secondary N) is 1. The van der Waals surface area contributed by atoms with Gasteiger partial charge in [0.15, 0.2) is 0 Å². The highest BCUT2D eigenvalue weighted by Gasteiger charge is 2.42. The first kappa shape index (κ1) is 18.4. The first-order chi connectivity index (χ1) is 13.2. The molecule has 3 fully saturated rings. The molecule has 0 radical (unpaired) electrons. The van der Waals surface area contributed by atoms with Crippen LogP contribution in [0.25, 0.3) is 6.08 Å². The van der Waals surface area contributed by atoms with E-state index in [2.05, 4.69) is 37.2 Å². The van der Waals surface area contributed by atoms with Gasteiger partial charge in [-0.05, 0) is 73.7 Å². The molecule has 0 saturated carbocycles. The molecular formula is C22H24BrN3O. The number of hydrogen-bond acceptors (Lipinski definition) is 3. The Labute approximate surface area is 168 Å². The fourth-order valence-electron chi connectivity index (χ4n) is 4.34. The van der Waals surface area contributed by atoms with Crippen molar-refractivity contribution in [2.75, 3.05) is 13.1 Å². The quantitative estimate of drug-likeness (QED) is 0.743. The van der Waals surface area contributed by atoms with E-state index in [1.54, 1.807) is 6.08 Å². The molecule has 1 aromatic carbocycles. The van der Waals surface area contributed by atoms with Crippen molar-refractivity contribution in [2.24, 2.45) is 5.92 Å². The third kappa shape index (κ3) is 4.47. The van der Waals surface area contributed by atoms with Gasteiger partial charge < -0.3 is 5.32 Å². The van der Waals surface area contributed by atoms with Crippen LogP contribution in [-0.4, -0.2) is 41.0 Å². The van der Waals surface area contributed by atoms with Crippen LogP contribution >= 0.6 is 15.9 Å². The lowest BCUT2D eigenvalue weighted by molar-refractivity contribution is -0.119. The summed E-state index contributed by atoms with van der Waals surface area (Å²) in [5.74, 6) is 0.564. The lowest BCUT2D eigenvalue weighted by atomic mass is 9.77. The van der Waals surface area contributed by atoms with Crippen LogP contribution in [0.15, 0.2) is 59.3 Å². The number of fused-ring (bicyclic) bond motifs is 3. The molecule has 27 heavy (non-hydrogen) atoms. The normalized spacial score (nSPS) is 27.0. The smallest absolute Gasteiger partial charge is 0.244 e. The number of benzene rings is 1. The summed E-state index contributed by atoms with van der Waals surface area (Å²) in [6.45, 7) is 2.27. The molecule has 5 rings (SSSR count). The number of hydrogen-bond donors (Lipinski definition) is 1. The average molecular weight is 426 g/mol. The Morgan fingerprint density at radius 3 is 2.70 bits per heavy atom. The molecule has 2 aromatic rings. The lowest BCUT2D eigenvalue weighted by Gasteiger charge is -2.51. The van der Waals surface area contributed by atoms with Gasteiger partial charge in [0.25, 0.3) is 0 Å². The van der Waals surface area contributed by atoms with Crippen LogP contribution in [0.1, 0.15) is 24.0 Å². The van der Waals surface area contributed by atoms with Crippen molar-refractivity contribution in [3.05, 3.63) is 70.5 Å². The minimum Gasteiger partial charge on any atom is -0.348 e. The zero-order chi connectivity index (χ0) is 18.6. The van der Waals surface area contributed by atoms with E-state index >= 15 is 0 Å². The van der Waals surface area contributed by atoms with E-state index in [1.807, 2.05) is 48.8 Å². The van der Waals surface area contributed by atoms with E-state index in [1.165, 1.54) is 18.4 Å². The number of carbonyl (C=O) groups is 1. The SMILES string of the molecule is O=C(C=Cc1ccc(Br)cc1)NC1C2CCN(CC2)C1Cc1cccnc1. The summed E-state index contributed by atoms with van der Waals surface area (Å²) in [6, 6.07) is 12.6. The van der Waals surface area contributed by atoms with Crippen LogP contribution in [-0.2, 0) is 11.2 Å². The third-order valence-corrected chi connectivity index (χ3v) is 6.27. The van der Waals surface area contributed by atoms with Gasteiger partial charge in [-0.1, -0.05) is 34.1 Å². The van der Waals surface area contributed by atoms with Gasteiger partial charge in [-0.15, -0.1) is 0 Å². The maximum atomic E-state index is 12.6. The van der Waals surface area contributed by atoms with Crippen molar-refractivity contribution >= 4 is 27.9 Å². The summed E-state index contributed by atoms with van der Waals surface area (Å²) < 4.78 is 1.04. The number of aromatic nitrogens is 1. The first-order valence-electron chi connectivity index (χ1n) is 9.56. The van der Waals surface area contributed by atoms with Crippen molar-refractivity contribution in [1.29, 1.82) is 0 Å². The summed E-state index contributed by atoms with van der Waals surface area (Å²) >= 11 is 3.43. The fraction of sp³-hybridized carbons (Fsp3) is 0.364. The Kier molecular flexibility index (Phi) is 5.69. The van der Waals surface area contributed by atoms with E-state index in [-0.39, 0.29) is 11.9 Å². The Morgan fingerprint density at radius 2 is 2.00 bits per heavy atom. The van der Waals surface area contributed by atoms with Crippen molar-refractivity contribution in [3.63, 3.8) is 0 Å². The predicted molar refractivity (Wildman–Crippen MR) is 111 cm³/mol. The molecular weight excluding hydrogens is 402 g/mol. The zero-order valence-corrected chi connectivity index (χ0v) is 16.8. The molecule has 2 unspecified atom stereocenters. The highest BCUT2D eigenvalue weighted by molar-refractivity contribution is 9.10. The van der Waals surface area contributed by atoms with Gasteiger partial charge in [-0.2, -0.15) is 0 Å². The highest BCUT2D eigenvalue weighted by atomic mass is 79.9. The first-order valence-corrected chi connectivity index (χ1v) is 10.4. The molecule has 1 amide bonds. The number of nitrogens with zero attached hydrogens (tertiary/aromatic N) is 2. The molecule has 140 valence electrons. The largest absolute Gasteiger partial charge is 0.348 e. The molecule has 3 aliphatic rings. The van der Waals surface area contributed by atoms with Gasteiger partial charge in [-0.3, -0.25) is 14.7 Å². The Hall–Kier alpha value is -1.98. The van der Waals surface area contributed by atoms with Gasteiger partial charge in [0, 0.05) is 35.0 Å². The van der Waals surface area contributed by atoms with Crippen LogP contribution in [0, 0.1) is 5.92 Å². The molecule has 4 heterocycles. The van der Waals surface area contributed by atoms with Crippen LogP contribution in [0.3, 0.4) is 0 Å². The lowest BCUT2D eigenvalue weighted by Crippen LogP contribution is -2.64. The summed E-state index contributed by atoms with van der Waals surface area (Å²) in [7, 11) is 0. The third-order valence-electron chi connectivity index (χ3n) is 5.74. The number of carbonyl (C=O) groups excluding carboxylic acids is 1. The Bertz CT molecular complexity index is 798. The minimum atomic E-state index is -0.00662. The van der Waals surface area contributed by atoms with Crippen molar-refractivity contribution in [2.45, 2.75) is 31.3 Å². The molecule has 5 heteroatoms. The van der Waals surface area contributed by atoms with Crippen molar-refractivity contribution in [3.8, 4) is 0 Å². The summed E-state index contributed by atoms with van der Waals surface area (Å²) in [4.78, 5) is 19.4. The molecule has 1 aromatic heterocycles. The summed E-state index contributed by atoms with van der Waals surface area (Å²) in [6.07, 6.45) is 10.6. The summed E-state index contributed by atoms with van der Waals surface area (Å²) in [5.41, 5.74) is 2.26. The number of rotatable bonds is 5. The standard InChI is InChI=1S/C22H24BrN3O/c23-19-6-3-16(4-7-19)5-8-21(27)25-22-18-9-12-26(13-10-18)20(22)14-17-2-1-11-24-15-17/h1-8,11,15,18,20,22H,9-10,12-14H2,(H,25,27). The maximum absolute atomic E-state index is 12.6. The van der Waals surface area contributed by atoms with E-state index in [4.69, 9.17) is 0 Å². The molecule has 1 N–H and O–H groups in total. The number of pyridine rings is 1. The second kappa shape index (κ2) is 8.36. The van der Waals surface area contributed by atoms with Gasteiger partial charge in [0.2, 0.25) is 5.91 Å². The second-order valence-electron chi connectivity index (χ2n) is 7.43. The summed E-state index contributed by atoms with van der Waals surface area (Å²) in [5, 5.41) is 3.31. The molecule has 0 spiro atoms. The van der Waals surface area contributed by atoms with Gasteiger partial charge in [0.1, 0.15) is 0 Å². The zero-order valence-electron chi connectivity index (χ0n) is 15.2. The van der Waals surface area contributed by atoms with E-state index in [0.29, 0.717) is 12.0 Å². The van der Waals surface area contributed by atoms with Gasteiger partial charge >= 0.3 is 0 Å². The van der Waals surface area contributed by atoms with E-state index in [9.17, 15) is 4.79 Å². The number of piperidine rings is 3. The number of amides is 1. The average Bonchev–Trinajstić information content (AvgIpc) is 2.71. The van der Waals surface area contributed by atoms with Crippen LogP contribution < -0.4 is 5.32 Å². The predicted octanol–water partition coefficient (Wildman–Crippen LogP) is 3.68. The second-order valence-corrected chi connectivity index (χ2v) is 8.34. The van der Waals surface area contributed by atoms with Crippen molar-refractivity contribution in [1.82, 2.24) is 15.2 Å². The molecule has 2 bridgehead atoms. The topological polar surface area (TPSA) is 45.2 Å². The van der Waals surface area contributed by atoms with E-state index in [0.717, 1.165) is 29.5 Å². The van der Waals surface area contributed by atoms with E-state index < -0.39 is 0 Å². The van der Waals surface area contributed by atoms with Crippen LogP contribution in [0.5, 0.6) is 0 Å². The monoisotopic (exact) mass is 425 g/mol. The maximum Gasteiger partial charge on any atom is 0.244 e. The Morgan fingerprint density at radius 1 is 1.22 bits per heavy atom. The molecule has 4 nitrogen and oxygen atoms in total. The molecule has 0 aliphatic carbocycles. The Balaban J connectivity index is 1.44.